The van der Waals surface area contributed by atoms with Crippen LogP contribution in [0.25, 0.3) is 0 Å². The van der Waals surface area contributed by atoms with Gasteiger partial charge in [-0.25, -0.2) is 4.79 Å². The van der Waals surface area contributed by atoms with Gasteiger partial charge in [0.1, 0.15) is 12.1 Å². The molecule has 8 heteroatoms. The number of thioether (sulfide) groups is 1. The molecule has 1 heterocycles. The van der Waals surface area contributed by atoms with E-state index in [1.54, 1.807) is 18.7 Å². The maximum Gasteiger partial charge on any atom is 0.326 e. The van der Waals surface area contributed by atoms with E-state index in [1.807, 2.05) is 60.7 Å². The lowest BCUT2D eigenvalue weighted by molar-refractivity contribution is -0.149. The number of likely N-dealkylation sites (tertiary alicyclic amines) is 1. The SMILES string of the molecule is C[C@H](N[C@@H](CCc1ccccc1)C(=O)O)C(=O)N1CC(Sc2ccccc2)C[C@H]1C(=O)O. The van der Waals surface area contributed by atoms with Crippen LogP contribution in [0.2, 0.25) is 0 Å². The van der Waals surface area contributed by atoms with Gasteiger partial charge in [0.15, 0.2) is 0 Å². The molecule has 3 N–H and O–H groups in total. The van der Waals surface area contributed by atoms with Crippen LogP contribution >= 0.6 is 11.8 Å². The highest BCUT2D eigenvalue weighted by Crippen LogP contribution is 2.33. The van der Waals surface area contributed by atoms with Crippen molar-refractivity contribution in [3.05, 3.63) is 66.2 Å². The van der Waals surface area contributed by atoms with Crippen LogP contribution < -0.4 is 5.32 Å². The summed E-state index contributed by atoms with van der Waals surface area (Å²) in [6, 6.07) is 16.6. The van der Waals surface area contributed by atoms with Gasteiger partial charge in [0.05, 0.1) is 6.04 Å². The lowest BCUT2D eigenvalue weighted by atomic mass is 10.0. The molecule has 4 atom stereocenters. The molecule has 170 valence electrons. The molecule has 0 radical (unpaired) electrons. The number of amides is 1. The lowest BCUT2D eigenvalue weighted by Gasteiger charge is -2.27. The normalized spacial score (nSPS) is 20.0. The highest BCUT2D eigenvalue weighted by Gasteiger charge is 2.41. The van der Waals surface area contributed by atoms with Gasteiger partial charge in [-0.2, -0.15) is 0 Å². The maximum absolute atomic E-state index is 13.1. The first-order valence-electron chi connectivity index (χ1n) is 10.6. The average Bonchev–Trinajstić information content (AvgIpc) is 3.21. The van der Waals surface area contributed by atoms with Crippen molar-refractivity contribution in [1.82, 2.24) is 10.2 Å². The largest absolute Gasteiger partial charge is 0.480 e. The minimum absolute atomic E-state index is 0.0389. The second-order valence-electron chi connectivity index (χ2n) is 7.94. The van der Waals surface area contributed by atoms with Crippen LogP contribution in [0.3, 0.4) is 0 Å². The predicted octanol–water partition coefficient (Wildman–Crippen LogP) is 2.90. The fourth-order valence-corrected chi connectivity index (χ4v) is 5.12. The predicted molar refractivity (Wildman–Crippen MR) is 123 cm³/mol. The third kappa shape index (κ3) is 6.34. The number of nitrogens with one attached hydrogen (secondary N) is 1. The van der Waals surface area contributed by atoms with Crippen molar-refractivity contribution in [2.45, 2.75) is 54.5 Å². The van der Waals surface area contributed by atoms with Crippen molar-refractivity contribution in [1.29, 1.82) is 0 Å². The van der Waals surface area contributed by atoms with Crippen molar-refractivity contribution in [2.75, 3.05) is 6.54 Å². The molecule has 1 aliphatic rings. The highest BCUT2D eigenvalue weighted by molar-refractivity contribution is 8.00. The summed E-state index contributed by atoms with van der Waals surface area (Å²) >= 11 is 1.56. The summed E-state index contributed by atoms with van der Waals surface area (Å²) in [6.45, 7) is 1.90. The van der Waals surface area contributed by atoms with Crippen LogP contribution in [0.5, 0.6) is 0 Å². The van der Waals surface area contributed by atoms with Gasteiger partial charge in [0, 0.05) is 16.7 Å². The van der Waals surface area contributed by atoms with Gasteiger partial charge >= 0.3 is 11.9 Å². The second-order valence-corrected chi connectivity index (χ2v) is 9.31. The number of rotatable bonds is 10. The molecule has 0 bridgehead atoms. The summed E-state index contributed by atoms with van der Waals surface area (Å²) in [5.41, 5.74) is 1.02. The van der Waals surface area contributed by atoms with E-state index in [0.29, 0.717) is 25.8 Å². The van der Waals surface area contributed by atoms with Crippen LogP contribution in [0.15, 0.2) is 65.6 Å². The number of carboxylic acids is 2. The molecule has 1 saturated heterocycles. The third-order valence-electron chi connectivity index (χ3n) is 5.56. The van der Waals surface area contributed by atoms with Gasteiger partial charge in [-0.3, -0.25) is 14.9 Å². The first-order chi connectivity index (χ1) is 15.3. The molecule has 0 saturated carbocycles. The summed E-state index contributed by atoms with van der Waals surface area (Å²) in [4.78, 5) is 39.0. The van der Waals surface area contributed by atoms with Gasteiger partial charge in [-0.05, 0) is 43.9 Å². The Kier molecular flexibility index (Phi) is 8.30. The van der Waals surface area contributed by atoms with Crippen LogP contribution in [0.4, 0.5) is 0 Å². The number of aliphatic carboxylic acids is 2. The molecule has 1 amide bonds. The Morgan fingerprint density at radius 3 is 2.28 bits per heavy atom. The van der Waals surface area contributed by atoms with Gasteiger partial charge < -0.3 is 15.1 Å². The molecule has 7 nitrogen and oxygen atoms in total. The van der Waals surface area contributed by atoms with Crippen molar-refractivity contribution in [3.8, 4) is 0 Å². The van der Waals surface area contributed by atoms with E-state index >= 15 is 0 Å². The Morgan fingerprint density at radius 2 is 1.69 bits per heavy atom. The monoisotopic (exact) mass is 456 g/mol. The molecule has 0 spiro atoms. The Bertz CT molecular complexity index is 925. The average molecular weight is 457 g/mol. The Morgan fingerprint density at radius 1 is 1.06 bits per heavy atom. The minimum atomic E-state index is -1.04. The zero-order chi connectivity index (χ0) is 23.1. The summed E-state index contributed by atoms with van der Waals surface area (Å²) in [5, 5.41) is 22.1. The van der Waals surface area contributed by atoms with E-state index in [4.69, 9.17) is 0 Å². The molecule has 1 unspecified atom stereocenters. The summed E-state index contributed by atoms with van der Waals surface area (Å²) in [7, 11) is 0. The van der Waals surface area contributed by atoms with E-state index in [0.717, 1.165) is 10.5 Å². The molecule has 1 fully saturated rings. The maximum atomic E-state index is 13.1. The molecular weight excluding hydrogens is 428 g/mol. The third-order valence-corrected chi connectivity index (χ3v) is 6.78. The molecule has 2 aromatic rings. The van der Waals surface area contributed by atoms with Crippen LogP contribution in [-0.4, -0.2) is 62.9 Å². The molecular formula is C24H28N2O5S. The van der Waals surface area contributed by atoms with Gasteiger partial charge in [-0.15, -0.1) is 11.8 Å². The van der Waals surface area contributed by atoms with Crippen molar-refractivity contribution in [2.24, 2.45) is 0 Å². The first kappa shape index (κ1) is 23.8. The Balaban J connectivity index is 1.62. The molecule has 3 rings (SSSR count). The van der Waals surface area contributed by atoms with E-state index in [9.17, 15) is 24.6 Å². The van der Waals surface area contributed by atoms with E-state index in [1.165, 1.54) is 4.90 Å². The smallest absolute Gasteiger partial charge is 0.326 e. The summed E-state index contributed by atoms with van der Waals surface area (Å²) in [6.07, 6.45) is 1.23. The molecule has 0 aliphatic carbocycles. The number of carboxylic acid groups (broad SMARTS) is 2. The fraction of sp³-hybridized carbons (Fsp3) is 0.375. The number of carbonyl (C=O) groups excluding carboxylic acids is 1. The van der Waals surface area contributed by atoms with Crippen molar-refractivity contribution in [3.63, 3.8) is 0 Å². The van der Waals surface area contributed by atoms with Crippen LogP contribution in [-0.2, 0) is 20.8 Å². The standard InChI is InChI=1S/C24H28N2O5S/c1-16(25-20(23(28)29)13-12-17-8-4-2-5-9-17)22(27)26-15-19(14-21(26)24(30)31)32-18-10-6-3-7-11-18/h2-11,16,19-21,25H,12-15H2,1H3,(H,28,29)(H,30,31)/t16-,19?,20-,21-/m0/s1. The Hall–Kier alpha value is -2.84. The second kappa shape index (κ2) is 11.2. The quantitative estimate of drug-likeness (QED) is 0.505. The number of hydrogen-bond donors (Lipinski definition) is 3. The van der Waals surface area contributed by atoms with Crippen molar-refractivity contribution >= 4 is 29.6 Å². The van der Waals surface area contributed by atoms with Gasteiger partial charge in [0.2, 0.25) is 5.91 Å². The van der Waals surface area contributed by atoms with E-state index in [-0.39, 0.29) is 11.2 Å². The number of nitrogens with zero attached hydrogens (tertiary/aromatic N) is 1. The zero-order valence-electron chi connectivity index (χ0n) is 17.9. The topological polar surface area (TPSA) is 107 Å². The number of benzene rings is 2. The molecule has 32 heavy (non-hydrogen) atoms. The van der Waals surface area contributed by atoms with Gasteiger partial charge in [0.25, 0.3) is 0 Å². The van der Waals surface area contributed by atoms with Crippen LogP contribution in [0.1, 0.15) is 25.3 Å². The first-order valence-corrected chi connectivity index (χ1v) is 11.5. The molecule has 0 aromatic heterocycles. The van der Waals surface area contributed by atoms with Gasteiger partial charge in [-0.1, -0.05) is 48.5 Å². The van der Waals surface area contributed by atoms with Crippen molar-refractivity contribution < 1.29 is 24.6 Å². The van der Waals surface area contributed by atoms with E-state index < -0.39 is 30.1 Å². The number of carbonyl (C=O) groups is 3. The minimum Gasteiger partial charge on any atom is -0.480 e. The Labute approximate surface area is 191 Å². The highest BCUT2D eigenvalue weighted by atomic mass is 32.2. The summed E-state index contributed by atoms with van der Waals surface area (Å²) in [5.74, 6) is -2.46. The number of hydrogen-bond acceptors (Lipinski definition) is 5. The lowest BCUT2D eigenvalue weighted by Crippen LogP contribution is -2.53. The molecule has 2 aromatic carbocycles. The fourth-order valence-electron chi connectivity index (χ4n) is 3.91. The molecule has 1 aliphatic heterocycles. The van der Waals surface area contributed by atoms with Crippen LogP contribution in [0, 0.1) is 0 Å². The van der Waals surface area contributed by atoms with E-state index in [2.05, 4.69) is 5.32 Å². The zero-order valence-corrected chi connectivity index (χ0v) is 18.7. The number of aryl methyl sites for hydroxylation is 1. The summed E-state index contributed by atoms with van der Waals surface area (Å²) < 4.78 is 0.